The van der Waals surface area contributed by atoms with Crippen molar-refractivity contribution in [2.24, 2.45) is 23.2 Å². The highest BCUT2D eigenvalue weighted by molar-refractivity contribution is 5.85. The molecule has 2 saturated carbocycles. The van der Waals surface area contributed by atoms with Crippen molar-refractivity contribution in [3.8, 4) is 5.75 Å². The number of nitrogens with one attached hydrogen (secondary N) is 2. The topological polar surface area (TPSA) is 75.9 Å². The number of carbonyl (C=O) groups excluding carboxylic acids is 1. The van der Waals surface area contributed by atoms with Crippen LogP contribution < -0.4 is 10.1 Å². The van der Waals surface area contributed by atoms with E-state index in [1.54, 1.807) is 7.11 Å². The second-order valence-corrected chi connectivity index (χ2v) is 10.8. The first-order valence-corrected chi connectivity index (χ1v) is 12.2. The zero-order valence-corrected chi connectivity index (χ0v) is 20.3. The Morgan fingerprint density at radius 2 is 2.15 bits per heavy atom. The first kappa shape index (κ1) is 23.0. The first-order chi connectivity index (χ1) is 15.5. The number of aromatic amines is 1. The smallest absolute Gasteiger partial charge is 0.310 e. The van der Waals surface area contributed by atoms with Crippen molar-refractivity contribution in [2.45, 2.75) is 57.2 Å². The van der Waals surface area contributed by atoms with Gasteiger partial charge in [0, 0.05) is 29.6 Å². The number of hydrogen-bond acceptors (Lipinski definition) is 5. The molecular formula is C26H35ClN2O4. The van der Waals surface area contributed by atoms with Gasteiger partial charge in [0.1, 0.15) is 11.9 Å². The van der Waals surface area contributed by atoms with E-state index in [0.29, 0.717) is 18.4 Å². The molecule has 1 spiro atoms. The minimum Gasteiger partial charge on any atom is -0.497 e. The van der Waals surface area contributed by atoms with E-state index in [0.717, 1.165) is 43.7 Å². The van der Waals surface area contributed by atoms with E-state index < -0.39 is 0 Å². The molecule has 0 bridgehead atoms. The standard InChI is InChI=1S/C26H34N2O4.ClH/c1-25-7-3-8-26(15-31-26)23(25)11-19-20(24(29)32-22(19)12-25)14-27-9-6-16-13-28-21-5-4-17(30-2)10-18(16)21;/h4-5,10,13,19-20,22-23,27-28H,3,6-9,11-12,14-15H2,1-2H3;1H/t19-,20?,22-,23?,25-,26+;/m1./s1. The fourth-order valence-electron chi connectivity index (χ4n) is 7.16. The number of H-pyrrole nitrogens is 1. The second-order valence-electron chi connectivity index (χ2n) is 10.8. The molecule has 33 heavy (non-hydrogen) atoms. The third-order valence-electron chi connectivity index (χ3n) is 8.99. The van der Waals surface area contributed by atoms with Gasteiger partial charge in [-0.2, -0.15) is 0 Å². The van der Waals surface area contributed by atoms with E-state index in [1.807, 2.05) is 6.07 Å². The largest absolute Gasteiger partial charge is 0.497 e. The molecule has 6 atom stereocenters. The number of carbonyl (C=O) groups is 1. The number of hydrogen-bond donors (Lipinski definition) is 2. The minimum atomic E-state index is -0.0367. The first-order valence-electron chi connectivity index (χ1n) is 12.2. The molecule has 6 rings (SSSR count). The summed E-state index contributed by atoms with van der Waals surface area (Å²) in [5, 5.41) is 4.76. The van der Waals surface area contributed by atoms with E-state index >= 15 is 0 Å². The summed E-state index contributed by atoms with van der Waals surface area (Å²) < 4.78 is 17.3. The number of rotatable bonds is 6. The van der Waals surface area contributed by atoms with Gasteiger partial charge in [0.05, 0.1) is 25.2 Å². The van der Waals surface area contributed by atoms with Gasteiger partial charge in [-0.15, -0.1) is 12.4 Å². The molecule has 1 aromatic heterocycles. The van der Waals surface area contributed by atoms with Crippen molar-refractivity contribution in [1.82, 2.24) is 10.3 Å². The highest BCUT2D eigenvalue weighted by atomic mass is 35.5. The van der Waals surface area contributed by atoms with Crippen LogP contribution >= 0.6 is 12.4 Å². The molecule has 4 fully saturated rings. The maximum Gasteiger partial charge on any atom is 0.310 e. The van der Waals surface area contributed by atoms with Crippen LogP contribution in [-0.2, 0) is 20.7 Å². The molecule has 2 aromatic rings. The number of methoxy groups -OCH3 is 1. The quantitative estimate of drug-likeness (QED) is 0.371. The second kappa shape index (κ2) is 8.47. The van der Waals surface area contributed by atoms with Gasteiger partial charge in [0.25, 0.3) is 0 Å². The number of halogens is 1. The molecule has 2 saturated heterocycles. The van der Waals surface area contributed by atoms with Crippen molar-refractivity contribution >= 4 is 29.3 Å². The Labute approximate surface area is 201 Å². The van der Waals surface area contributed by atoms with Gasteiger partial charge in [-0.3, -0.25) is 4.79 Å². The van der Waals surface area contributed by atoms with Crippen molar-refractivity contribution in [1.29, 1.82) is 0 Å². The molecule has 4 aliphatic rings. The van der Waals surface area contributed by atoms with Crippen molar-refractivity contribution < 1.29 is 19.0 Å². The highest BCUT2D eigenvalue weighted by Gasteiger charge is 2.64. The van der Waals surface area contributed by atoms with Crippen molar-refractivity contribution in [3.05, 3.63) is 30.0 Å². The molecule has 1 aromatic carbocycles. The van der Waals surface area contributed by atoms with Crippen LogP contribution in [0.2, 0.25) is 0 Å². The average molecular weight is 475 g/mol. The Kier molecular flexibility index (Phi) is 5.91. The predicted molar refractivity (Wildman–Crippen MR) is 129 cm³/mol. The summed E-state index contributed by atoms with van der Waals surface area (Å²) in [5.41, 5.74) is 2.76. The van der Waals surface area contributed by atoms with Gasteiger partial charge in [-0.05, 0) is 80.2 Å². The van der Waals surface area contributed by atoms with E-state index in [4.69, 9.17) is 14.2 Å². The molecule has 3 heterocycles. The van der Waals surface area contributed by atoms with Gasteiger partial charge in [-0.25, -0.2) is 0 Å². The molecule has 2 aliphatic heterocycles. The number of ether oxygens (including phenoxy) is 3. The molecular weight excluding hydrogens is 440 g/mol. The fourth-order valence-corrected chi connectivity index (χ4v) is 7.16. The lowest BCUT2D eigenvalue weighted by Gasteiger charge is -2.51. The van der Waals surface area contributed by atoms with Crippen LogP contribution in [0.25, 0.3) is 10.9 Å². The monoisotopic (exact) mass is 474 g/mol. The maximum absolute atomic E-state index is 12.8. The zero-order chi connectivity index (χ0) is 21.9. The summed E-state index contributed by atoms with van der Waals surface area (Å²) in [5.74, 6) is 1.73. The molecule has 6 nitrogen and oxygen atoms in total. The van der Waals surface area contributed by atoms with Gasteiger partial charge < -0.3 is 24.5 Å². The normalized spacial score (nSPS) is 36.7. The van der Waals surface area contributed by atoms with Crippen LogP contribution in [0.1, 0.15) is 44.6 Å². The Morgan fingerprint density at radius 1 is 1.30 bits per heavy atom. The Balaban J connectivity index is 0.00000228. The summed E-state index contributed by atoms with van der Waals surface area (Å²) in [6.07, 6.45) is 8.81. The van der Waals surface area contributed by atoms with E-state index in [2.05, 4.69) is 35.6 Å². The predicted octanol–water partition coefficient (Wildman–Crippen LogP) is 4.26. The lowest BCUT2D eigenvalue weighted by atomic mass is 9.53. The Morgan fingerprint density at radius 3 is 2.94 bits per heavy atom. The molecule has 2 N–H and O–H groups in total. The number of epoxide rings is 1. The van der Waals surface area contributed by atoms with Crippen LogP contribution in [-0.4, -0.2) is 49.5 Å². The number of esters is 1. The molecule has 180 valence electrons. The summed E-state index contributed by atoms with van der Waals surface area (Å²) in [6.45, 7) is 4.85. The minimum absolute atomic E-state index is 0. The summed E-state index contributed by atoms with van der Waals surface area (Å²) in [6, 6.07) is 6.11. The van der Waals surface area contributed by atoms with Crippen LogP contribution in [0.5, 0.6) is 5.75 Å². The lowest BCUT2D eigenvalue weighted by molar-refractivity contribution is -0.147. The SMILES string of the molecule is COc1ccc2[nH]cc(CCNCC3C(=O)O[C@@H]4C[C@@]5(C)CCC[C@]6(CO6)C5C[C@H]34)c2c1.Cl. The number of aromatic nitrogens is 1. The van der Waals surface area contributed by atoms with Crippen LogP contribution in [0.15, 0.2) is 24.4 Å². The van der Waals surface area contributed by atoms with Gasteiger partial charge in [0.15, 0.2) is 0 Å². The van der Waals surface area contributed by atoms with Crippen LogP contribution in [0, 0.1) is 23.2 Å². The lowest BCUT2D eigenvalue weighted by Crippen LogP contribution is -2.51. The van der Waals surface area contributed by atoms with Gasteiger partial charge >= 0.3 is 5.97 Å². The van der Waals surface area contributed by atoms with Crippen molar-refractivity contribution in [3.63, 3.8) is 0 Å². The van der Waals surface area contributed by atoms with E-state index in [1.165, 1.54) is 30.2 Å². The molecule has 0 radical (unpaired) electrons. The van der Waals surface area contributed by atoms with Gasteiger partial charge in [-0.1, -0.05) is 6.92 Å². The molecule has 7 heteroatoms. The molecule has 2 aliphatic carbocycles. The fraction of sp³-hybridized carbons (Fsp3) is 0.654. The average Bonchev–Trinajstić information content (AvgIpc) is 3.33. The van der Waals surface area contributed by atoms with Crippen LogP contribution in [0.3, 0.4) is 0 Å². The summed E-state index contributed by atoms with van der Waals surface area (Å²) in [7, 11) is 1.70. The summed E-state index contributed by atoms with van der Waals surface area (Å²) in [4.78, 5) is 16.1. The molecule has 0 amide bonds. The zero-order valence-electron chi connectivity index (χ0n) is 19.5. The van der Waals surface area contributed by atoms with Gasteiger partial charge in [0.2, 0.25) is 0 Å². The third-order valence-corrected chi connectivity index (χ3v) is 8.99. The summed E-state index contributed by atoms with van der Waals surface area (Å²) >= 11 is 0. The Hall–Kier alpha value is -1.76. The van der Waals surface area contributed by atoms with Crippen molar-refractivity contribution in [2.75, 3.05) is 26.8 Å². The highest BCUT2D eigenvalue weighted by Crippen LogP contribution is 2.62. The maximum atomic E-state index is 12.8. The van der Waals surface area contributed by atoms with Crippen LogP contribution in [0.4, 0.5) is 0 Å². The third kappa shape index (κ3) is 3.84. The number of fused-ring (bicyclic) bond motifs is 4. The molecule has 2 unspecified atom stereocenters. The van der Waals surface area contributed by atoms with E-state index in [9.17, 15) is 4.79 Å². The Bertz CT molecular complexity index is 1030. The number of benzene rings is 1. The van der Waals surface area contributed by atoms with E-state index in [-0.39, 0.29) is 41.4 Å².